The van der Waals surface area contributed by atoms with Crippen molar-refractivity contribution in [1.82, 2.24) is 15.0 Å². The Balaban J connectivity index is 1.98. The van der Waals surface area contributed by atoms with Crippen molar-refractivity contribution in [3.63, 3.8) is 0 Å². The molecule has 0 fully saturated rings. The lowest BCUT2D eigenvalue weighted by Crippen LogP contribution is -2.36. The number of carboxylic acids is 1. The van der Waals surface area contributed by atoms with Gasteiger partial charge in [-0.3, -0.25) is 9.59 Å². The van der Waals surface area contributed by atoms with Gasteiger partial charge in [0, 0.05) is 31.5 Å². The smallest absolute Gasteiger partial charge is 0.305 e. The highest BCUT2D eigenvalue weighted by Gasteiger charge is 2.18. The summed E-state index contributed by atoms with van der Waals surface area (Å²) in [5.74, 6) is -0.511. The number of hydrogen-bond acceptors (Lipinski definition) is 5. The Labute approximate surface area is 157 Å². The first kappa shape index (κ1) is 20.5. The lowest BCUT2D eigenvalue weighted by molar-refractivity contribution is -0.138. The van der Waals surface area contributed by atoms with Gasteiger partial charge in [0.1, 0.15) is 5.82 Å². The number of aromatic nitrogens is 2. The van der Waals surface area contributed by atoms with Crippen LogP contribution in [0.25, 0.3) is 11.4 Å². The van der Waals surface area contributed by atoms with E-state index >= 15 is 0 Å². The maximum absolute atomic E-state index is 13.4. The Kier molecular flexibility index (Phi) is 7.04. The molecule has 1 amide bonds. The van der Waals surface area contributed by atoms with Gasteiger partial charge in [-0.25, -0.2) is 4.39 Å². The standard InChI is InChI=1S/C19H24FN3O4/c1-12(2)11-23(9-8-18(25)26)17(24)7-6-16-21-19(22-27-16)14-4-5-15(20)13(3)10-14/h4-5,10,12H,6-9,11H2,1-3H3,(H,25,26). The molecule has 2 rings (SSSR count). The topological polar surface area (TPSA) is 96.5 Å². The summed E-state index contributed by atoms with van der Waals surface area (Å²) >= 11 is 0. The summed E-state index contributed by atoms with van der Waals surface area (Å²) in [6.07, 6.45) is 0.317. The number of aliphatic carboxylic acids is 1. The van der Waals surface area contributed by atoms with Gasteiger partial charge in [-0.2, -0.15) is 4.98 Å². The molecular formula is C19H24FN3O4. The highest BCUT2D eigenvalue weighted by molar-refractivity contribution is 5.77. The third kappa shape index (κ3) is 6.16. The lowest BCUT2D eigenvalue weighted by atomic mass is 10.1. The van der Waals surface area contributed by atoms with E-state index in [-0.39, 0.29) is 43.4 Å². The van der Waals surface area contributed by atoms with Gasteiger partial charge in [0.15, 0.2) is 0 Å². The van der Waals surface area contributed by atoms with Gasteiger partial charge in [0.05, 0.1) is 6.42 Å². The summed E-state index contributed by atoms with van der Waals surface area (Å²) in [5, 5.41) is 12.7. The second-order valence-corrected chi connectivity index (χ2v) is 6.85. The van der Waals surface area contributed by atoms with E-state index < -0.39 is 5.97 Å². The molecule has 7 nitrogen and oxygen atoms in total. The van der Waals surface area contributed by atoms with Gasteiger partial charge < -0.3 is 14.5 Å². The predicted octanol–water partition coefficient (Wildman–Crippen LogP) is 3.08. The number of amides is 1. The molecule has 2 aromatic rings. The molecule has 1 N–H and O–H groups in total. The van der Waals surface area contributed by atoms with Crippen molar-refractivity contribution in [3.05, 3.63) is 35.5 Å². The zero-order valence-corrected chi connectivity index (χ0v) is 15.7. The van der Waals surface area contributed by atoms with Crippen LogP contribution in [0.1, 0.15) is 38.1 Å². The second-order valence-electron chi connectivity index (χ2n) is 6.85. The van der Waals surface area contributed by atoms with Crippen molar-refractivity contribution in [2.24, 2.45) is 5.92 Å². The van der Waals surface area contributed by atoms with Crippen molar-refractivity contribution in [3.8, 4) is 11.4 Å². The van der Waals surface area contributed by atoms with E-state index in [1.165, 1.54) is 6.07 Å². The van der Waals surface area contributed by atoms with Crippen LogP contribution >= 0.6 is 0 Å². The van der Waals surface area contributed by atoms with Crippen LogP contribution in [0.5, 0.6) is 0 Å². The highest BCUT2D eigenvalue weighted by Crippen LogP contribution is 2.19. The van der Waals surface area contributed by atoms with E-state index in [0.29, 0.717) is 29.4 Å². The molecule has 0 aliphatic rings. The number of nitrogens with zero attached hydrogens (tertiary/aromatic N) is 3. The van der Waals surface area contributed by atoms with Crippen molar-refractivity contribution in [2.45, 2.75) is 40.0 Å². The molecule has 0 radical (unpaired) electrons. The van der Waals surface area contributed by atoms with Crippen LogP contribution < -0.4 is 0 Å². The Morgan fingerprint density at radius 1 is 1.30 bits per heavy atom. The number of carboxylic acid groups (broad SMARTS) is 1. The van der Waals surface area contributed by atoms with Gasteiger partial charge in [-0.15, -0.1) is 0 Å². The molecule has 0 saturated carbocycles. The van der Waals surface area contributed by atoms with Crippen molar-refractivity contribution < 1.29 is 23.6 Å². The fourth-order valence-electron chi connectivity index (χ4n) is 2.62. The van der Waals surface area contributed by atoms with Gasteiger partial charge >= 0.3 is 5.97 Å². The first-order valence-corrected chi connectivity index (χ1v) is 8.85. The average molecular weight is 377 g/mol. The lowest BCUT2D eigenvalue weighted by Gasteiger charge is -2.23. The minimum absolute atomic E-state index is 0.0902. The molecule has 0 bridgehead atoms. The zero-order chi connectivity index (χ0) is 20.0. The van der Waals surface area contributed by atoms with Gasteiger partial charge in [-0.1, -0.05) is 19.0 Å². The van der Waals surface area contributed by atoms with Gasteiger partial charge in [0.25, 0.3) is 0 Å². The molecule has 27 heavy (non-hydrogen) atoms. The van der Waals surface area contributed by atoms with Crippen molar-refractivity contribution >= 4 is 11.9 Å². The van der Waals surface area contributed by atoms with Crippen molar-refractivity contribution in [1.29, 1.82) is 0 Å². The monoisotopic (exact) mass is 377 g/mol. The van der Waals surface area contributed by atoms with Crippen molar-refractivity contribution in [2.75, 3.05) is 13.1 Å². The first-order chi connectivity index (χ1) is 12.8. The third-order valence-corrected chi connectivity index (χ3v) is 3.97. The molecule has 0 unspecified atom stereocenters. The number of rotatable bonds is 9. The highest BCUT2D eigenvalue weighted by atomic mass is 19.1. The van der Waals surface area contributed by atoms with Crippen LogP contribution in [0.4, 0.5) is 4.39 Å². The quantitative estimate of drug-likeness (QED) is 0.721. The predicted molar refractivity (Wildman–Crippen MR) is 96.4 cm³/mol. The van der Waals surface area contributed by atoms with E-state index in [9.17, 15) is 14.0 Å². The number of benzene rings is 1. The van der Waals surface area contributed by atoms with Crippen LogP contribution in [0.3, 0.4) is 0 Å². The van der Waals surface area contributed by atoms with Crippen LogP contribution in [0.2, 0.25) is 0 Å². The summed E-state index contributed by atoms with van der Waals surface area (Å²) in [4.78, 5) is 29.0. The number of halogens is 1. The zero-order valence-electron chi connectivity index (χ0n) is 15.7. The maximum atomic E-state index is 13.4. The van der Waals surface area contributed by atoms with E-state index in [4.69, 9.17) is 9.63 Å². The molecule has 146 valence electrons. The molecule has 8 heteroatoms. The fourth-order valence-corrected chi connectivity index (χ4v) is 2.62. The fraction of sp³-hybridized carbons (Fsp3) is 0.474. The van der Waals surface area contributed by atoms with Gasteiger partial charge in [0.2, 0.25) is 17.6 Å². The Bertz CT molecular complexity index is 804. The molecule has 1 aromatic carbocycles. The SMILES string of the molecule is Cc1cc(-c2noc(CCC(=O)N(CCC(=O)O)CC(C)C)n2)ccc1F. The molecule has 0 atom stereocenters. The maximum Gasteiger partial charge on any atom is 0.305 e. The molecule has 1 heterocycles. The first-order valence-electron chi connectivity index (χ1n) is 8.85. The molecule has 0 saturated heterocycles. The van der Waals surface area contributed by atoms with Crippen LogP contribution in [-0.4, -0.2) is 45.1 Å². The van der Waals surface area contributed by atoms with Crippen LogP contribution in [0, 0.1) is 18.7 Å². The Morgan fingerprint density at radius 2 is 2.04 bits per heavy atom. The summed E-state index contributed by atoms with van der Waals surface area (Å²) in [6.45, 7) is 6.26. The summed E-state index contributed by atoms with van der Waals surface area (Å²) in [6, 6.07) is 4.54. The molecule has 1 aromatic heterocycles. The number of aryl methyl sites for hydroxylation is 2. The minimum Gasteiger partial charge on any atom is -0.481 e. The number of carbonyl (C=O) groups excluding carboxylic acids is 1. The molecule has 0 aliphatic heterocycles. The third-order valence-electron chi connectivity index (χ3n) is 3.97. The summed E-state index contributed by atoms with van der Waals surface area (Å²) in [5.41, 5.74) is 1.12. The van der Waals surface area contributed by atoms with E-state index in [0.717, 1.165) is 0 Å². The molecule has 0 spiro atoms. The Morgan fingerprint density at radius 3 is 2.67 bits per heavy atom. The summed E-state index contributed by atoms with van der Waals surface area (Å²) < 4.78 is 18.5. The number of hydrogen-bond donors (Lipinski definition) is 1. The van der Waals surface area contributed by atoms with Gasteiger partial charge in [-0.05, 0) is 36.6 Å². The van der Waals surface area contributed by atoms with Crippen LogP contribution in [0.15, 0.2) is 22.7 Å². The normalized spacial score (nSPS) is 11.0. The van der Waals surface area contributed by atoms with E-state index in [1.807, 2.05) is 13.8 Å². The molecule has 0 aliphatic carbocycles. The number of carbonyl (C=O) groups is 2. The van der Waals surface area contributed by atoms with E-state index in [2.05, 4.69) is 10.1 Å². The minimum atomic E-state index is -0.937. The van der Waals surface area contributed by atoms with E-state index in [1.54, 1.807) is 24.0 Å². The Hall–Kier alpha value is -2.77. The largest absolute Gasteiger partial charge is 0.481 e. The second kappa shape index (κ2) is 9.25. The molecular weight excluding hydrogens is 353 g/mol. The average Bonchev–Trinajstić information content (AvgIpc) is 3.07. The summed E-state index contributed by atoms with van der Waals surface area (Å²) in [7, 11) is 0. The van der Waals surface area contributed by atoms with Crippen LogP contribution in [-0.2, 0) is 16.0 Å².